The van der Waals surface area contributed by atoms with Gasteiger partial charge < -0.3 is 10.1 Å². The Morgan fingerprint density at radius 1 is 1.29 bits per heavy atom. The van der Waals surface area contributed by atoms with E-state index in [1.54, 1.807) is 7.11 Å². The molecule has 1 N–H and O–H groups in total. The molecule has 0 unspecified atom stereocenters. The van der Waals surface area contributed by atoms with E-state index in [-0.39, 0.29) is 17.4 Å². The van der Waals surface area contributed by atoms with Crippen LogP contribution in [0.2, 0.25) is 0 Å². The van der Waals surface area contributed by atoms with E-state index in [2.05, 4.69) is 44.3 Å². The maximum atomic E-state index is 12.8. The van der Waals surface area contributed by atoms with Crippen molar-refractivity contribution in [1.29, 1.82) is 0 Å². The fourth-order valence-electron chi connectivity index (χ4n) is 3.94. The molecular formula is C23H31N3O2. The highest BCUT2D eigenvalue weighted by molar-refractivity contribution is 6.19. The van der Waals surface area contributed by atoms with Gasteiger partial charge in [-0.2, -0.15) is 5.10 Å². The van der Waals surface area contributed by atoms with Crippen LogP contribution in [-0.2, 0) is 16.8 Å². The summed E-state index contributed by atoms with van der Waals surface area (Å²) < 4.78 is 7.27. The van der Waals surface area contributed by atoms with E-state index in [1.807, 2.05) is 30.7 Å². The second kappa shape index (κ2) is 7.82. The number of nitrogens with one attached hydrogen (secondary N) is 1. The molecule has 1 amide bonds. The van der Waals surface area contributed by atoms with Gasteiger partial charge in [0.1, 0.15) is 11.4 Å². The zero-order valence-electron chi connectivity index (χ0n) is 17.8. The minimum absolute atomic E-state index is 0.0338. The van der Waals surface area contributed by atoms with Gasteiger partial charge in [-0.15, -0.1) is 0 Å². The first-order valence-electron chi connectivity index (χ1n) is 9.95. The number of methoxy groups -OCH3 is 1. The van der Waals surface area contributed by atoms with Gasteiger partial charge >= 0.3 is 0 Å². The number of nitrogens with zero attached hydrogens (tertiary/aromatic N) is 2. The molecule has 0 saturated carbocycles. The van der Waals surface area contributed by atoms with Crippen molar-refractivity contribution in [2.45, 2.75) is 65.5 Å². The van der Waals surface area contributed by atoms with Crippen LogP contribution in [0.4, 0.5) is 0 Å². The van der Waals surface area contributed by atoms with E-state index >= 15 is 0 Å². The molecule has 5 heteroatoms. The Bertz CT molecular complexity index is 889. The summed E-state index contributed by atoms with van der Waals surface area (Å²) in [6.07, 6.45) is 3.92. The number of allylic oxidation sites excluding steroid dienone is 1. The van der Waals surface area contributed by atoms with Gasteiger partial charge in [-0.05, 0) is 56.7 Å². The highest BCUT2D eigenvalue weighted by Crippen LogP contribution is 2.39. The Morgan fingerprint density at radius 3 is 2.57 bits per heavy atom. The molecule has 150 valence electrons. The highest BCUT2D eigenvalue weighted by atomic mass is 16.5. The molecule has 0 saturated heterocycles. The summed E-state index contributed by atoms with van der Waals surface area (Å²) in [6.45, 7) is 11.2. The van der Waals surface area contributed by atoms with Gasteiger partial charge in [0.05, 0.1) is 19.2 Å². The highest BCUT2D eigenvalue weighted by Gasteiger charge is 2.34. The molecule has 0 spiro atoms. The van der Waals surface area contributed by atoms with E-state index in [0.29, 0.717) is 12.1 Å². The van der Waals surface area contributed by atoms with Crippen molar-refractivity contribution in [3.63, 3.8) is 0 Å². The van der Waals surface area contributed by atoms with Crippen molar-refractivity contribution < 1.29 is 9.53 Å². The number of ether oxygens (including phenoxy) is 1. The molecule has 1 aliphatic rings. The maximum Gasteiger partial charge on any atom is 0.253 e. The summed E-state index contributed by atoms with van der Waals surface area (Å²) in [6, 6.07) is 8.13. The number of amides is 1. The van der Waals surface area contributed by atoms with Crippen molar-refractivity contribution in [2.75, 3.05) is 7.11 Å². The lowest BCUT2D eigenvalue weighted by molar-refractivity contribution is -0.116. The van der Waals surface area contributed by atoms with Gasteiger partial charge in [-0.3, -0.25) is 9.48 Å². The number of hydrogen-bond donors (Lipinski definition) is 1. The van der Waals surface area contributed by atoms with E-state index in [1.165, 1.54) is 5.56 Å². The van der Waals surface area contributed by atoms with Gasteiger partial charge in [0, 0.05) is 17.3 Å². The first-order chi connectivity index (χ1) is 13.2. The number of rotatable bonds is 5. The van der Waals surface area contributed by atoms with E-state index in [0.717, 1.165) is 35.5 Å². The molecule has 3 rings (SSSR count). The number of hydrogen-bond acceptors (Lipinski definition) is 3. The van der Waals surface area contributed by atoms with Crippen molar-refractivity contribution in [3.8, 4) is 5.75 Å². The second-order valence-electron chi connectivity index (χ2n) is 8.48. The Kier molecular flexibility index (Phi) is 5.64. The van der Waals surface area contributed by atoms with Crippen LogP contribution in [-0.4, -0.2) is 28.8 Å². The Morgan fingerprint density at radius 2 is 1.96 bits per heavy atom. The minimum atomic E-state index is -0.0388. The van der Waals surface area contributed by atoms with Gasteiger partial charge in [0.2, 0.25) is 0 Å². The van der Waals surface area contributed by atoms with Crippen molar-refractivity contribution in [2.24, 2.45) is 0 Å². The number of carbonyl (C=O) groups is 1. The standard InChI is InChI=1S/C23H31N3O2/c1-15(2)24-22(27)19-8-7-13-23(4,5)20-16(3)26(25-21(19)20)14-17-9-11-18(28-6)12-10-17/h8-12,15H,7,13-14H2,1-6H3,(H,24,27). The van der Waals surface area contributed by atoms with Crippen molar-refractivity contribution in [1.82, 2.24) is 15.1 Å². The van der Waals surface area contributed by atoms with Crippen molar-refractivity contribution >= 4 is 11.5 Å². The minimum Gasteiger partial charge on any atom is -0.497 e. The summed E-state index contributed by atoms with van der Waals surface area (Å²) in [5.74, 6) is 0.802. The SMILES string of the molecule is COc1ccc(Cn2nc3c(c2C)C(C)(C)CCC=C3C(=O)NC(C)C)cc1. The normalized spacial score (nSPS) is 15.6. The zero-order chi connectivity index (χ0) is 20.5. The maximum absolute atomic E-state index is 12.8. The predicted octanol–water partition coefficient (Wildman–Crippen LogP) is 4.23. The first kappa shape index (κ1) is 20.2. The molecule has 0 atom stereocenters. The van der Waals surface area contributed by atoms with Gasteiger partial charge in [0.25, 0.3) is 5.91 Å². The lowest BCUT2D eigenvalue weighted by Gasteiger charge is -2.24. The van der Waals surface area contributed by atoms with Crippen LogP contribution in [0.3, 0.4) is 0 Å². The summed E-state index contributed by atoms with van der Waals surface area (Å²) >= 11 is 0. The second-order valence-corrected chi connectivity index (χ2v) is 8.48. The smallest absolute Gasteiger partial charge is 0.253 e. The van der Waals surface area contributed by atoms with Gasteiger partial charge in [-0.25, -0.2) is 0 Å². The predicted molar refractivity (Wildman–Crippen MR) is 113 cm³/mol. The Labute approximate surface area is 167 Å². The average Bonchev–Trinajstić information content (AvgIpc) is 2.88. The van der Waals surface area contributed by atoms with Gasteiger partial charge in [0.15, 0.2) is 0 Å². The summed E-state index contributed by atoms with van der Waals surface area (Å²) in [7, 11) is 1.67. The van der Waals surface area contributed by atoms with E-state index in [4.69, 9.17) is 9.84 Å². The third kappa shape index (κ3) is 3.98. The van der Waals surface area contributed by atoms with Crippen molar-refractivity contribution in [3.05, 3.63) is 52.9 Å². The van der Waals surface area contributed by atoms with Crippen LogP contribution < -0.4 is 10.1 Å². The molecular weight excluding hydrogens is 350 g/mol. The molecule has 0 aliphatic heterocycles. The molecule has 1 aliphatic carbocycles. The summed E-state index contributed by atoms with van der Waals surface area (Å²) in [5, 5.41) is 7.94. The first-order valence-corrected chi connectivity index (χ1v) is 9.95. The average molecular weight is 382 g/mol. The number of fused-ring (bicyclic) bond motifs is 1. The number of aromatic nitrogens is 2. The van der Waals surface area contributed by atoms with Crippen LogP contribution >= 0.6 is 0 Å². The molecule has 28 heavy (non-hydrogen) atoms. The number of benzene rings is 1. The van der Waals surface area contributed by atoms with Crippen LogP contribution in [0.5, 0.6) is 5.75 Å². The molecule has 0 fully saturated rings. The van der Waals surface area contributed by atoms with Gasteiger partial charge in [-0.1, -0.05) is 32.1 Å². The number of carbonyl (C=O) groups excluding carboxylic acids is 1. The Hall–Kier alpha value is -2.56. The fraction of sp³-hybridized carbons (Fsp3) is 0.478. The molecule has 2 aromatic rings. The molecule has 0 bridgehead atoms. The monoisotopic (exact) mass is 381 g/mol. The summed E-state index contributed by atoms with van der Waals surface area (Å²) in [5.41, 5.74) is 4.95. The van der Waals surface area contributed by atoms with E-state index in [9.17, 15) is 4.79 Å². The fourth-order valence-corrected chi connectivity index (χ4v) is 3.94. The summed E-state index contributed by atoms with van der Waals surface area (Å²) in [4.78, 5) is 12.8. The lowest BCUT2D eigenvalue weighted by atomic mass is 9.80. The third-order valence-corrected chi connectivity index (χ3v) is 5.41. The molecule has 1 aromatic carbocycles. The lowest BCUT2D eigenvalue weighted by Crippen LogP contribution is -2.31. The molecule has 1 heterocycles. The largest absolute Gasteiger partial charge is 0.497 e. The van der Waals surface area contributed by atoms with Crippen LogP contribution in [0, 0.1) is 6.92 Å². The van der Waals surface area contributed by atoms with Crippen LogP contribution in [0.15, 0.2) is 30.3 Å². The molecule has 1 aromatic heterocycles. The van der Waals surface area contributed by atoms with E-state index < -0.39 is 0 Å². The topological polar surface area (TPSA) is 56.2 Å². The quantitative estimate of drug-likeness (QED) is 0.843. The van der Waals surface area contributed by atoms with Crippen LogP contribution in [0.25, 0.3) is 5.57 Å². The third-order valence-electron chi connectivity index (χ3n) is 5.41. The van der Waals surface area contributed by atoms with Crippen LogP contribution in [0.1, 0.15) is 63.1 Å². The zero-order valence-corrected chi connectivity index (χ0v) is 17.8. The Balaban J connectivity index is 2.02. The molecule has 0 radical (unpaired) electrons. The molecule has 5 nitrogen and oxygen atoms in total.